The fourth-order valence-electron chi connectivity index (χ4n) is 2.57. The summed E-state index contributed by atoms with van der Waals surface area (Å²) in [4.78, 5) is 16.2. The number of aromatic nitrogens is 1. The Bertz CT molecular complexity index is 764. The Hall–Kier alpha value is -1.38. The van der Waals surface area contributed by atoms with Gasteiger partial charge in [0, 0.05) is 22.3 Å². The molecule has 0 bridgehead atoms. The average molecular weight is 460 g/mol. The lowest BCUT2D eigenvalue weighted by Gasteiger charge is -2.14. The average Bonchev–Trinajstić information content (AvgIpc) is 2.94. The molecule has 0 radical (unpaired) electrons. The van der Waals surface area contributed by atoms with Crippen molar-refractivity contribution in [1.82, 2.24) is 4.98 Å². The van der Waals surface area contributed by atoms with Gasteiger partial charge in [-0.3, -0.25) is 4.98 Å². The summed E-state index contributed by atoms with van der Waals surface area (Å²) < 4.78 is 16.0. The van der Waals surface area contributed by atoms with Crippen LogP contribution in [0.5, 0.6) is 5.75 Å². The number of aryl methyl sites for hydroxylation is 1. The van der Waals surface area contributed by atoms with Crippen molar-refractivity contribution in [2.75, 3.05) is 0 Å². The summed E-state index contributed by atoms with van der Waals surface area (Å²) in [7, 11) is 0. The molecule has 24 heavy (non-hydrogen) atoms. The molecule has 2 unspecified atom stereocenters. The van der Waals surface area contributed by atoms with Gasteiger partial charge in [0.05, 0.1) is 12.3 Å². The van der Waals surface area contributed by atoms with E-state index in [0.29, 0.717) is 23.1 Å². The van der Waals surface area contributed by atoms with Crippen molar-refractivity contribution in [3.8, 4) is 5.75 Å². The number of fused-ring (bicyclic) bond motifs is 1. The largest absolute Gasteiger partial charge is 0.514 e. The van der Waals surface area contributed by atoms with E-state index in [4.69, 9.17) is 25.8 Å². The molecule has 2 aromatic rings. The topological polar surface area (TPSA) is 57.7 Å². The lowest BCUT2D eigenvalue weighted by atomic mass is 10.0. The predicted molar refractivity (Wildman–Crippen MR) is 97.6 cm³/mol. The van der Waals surface area contributed by atoms with E-state index in [1.165, 1.54) is 0 Å². The number of hydrogen-bond acceptors (Lipinski definition) is 5. The van der Waals surface area contributed by atoms with Crippen molar-refractivity contribution in [3.63, 3.8) is 0 Å². The highest BCUT2D eigenvalue weighted by molar-refractivity contribution is 14.1. The third-order valence-corrected chi connectivity index (χ3v) is 4.15. The van der Waals surface area contributed by atoms with Gasteiger partial charge < -0.3 is 14.2 Å². The zero-order chi connectivity index (χ0) is 17.3. The van der Waals surface area contributed by atoms with Crippen LogP contribution in [0, 0.1) is 6.92 Å². The Morgan fingerprint density at radius 1 is 1.42 bits per heavy atom. The molecule has 1 aromatic heterocycles. The van der Waals surface area contributed by atoms with Crippen LogP contribution in [0.1, 0.15) is 35.4 Å². The van der Waals surface area contributed by atoms with Gasteiger partial charge in [0.25, 0.3) is 0 Å². The maximum absolute atomic E-state index is 11.8. The third kappa shape index (κ3) is 3.65. The van der Waals surface area contributed by atoms with E-state index >= 15 is 0 Å². The molecule has 5 nitrogen and oxygen atoms in total. The molecule has 2 atom stereocenters. The quantitative estimate of drug-likeness (QED) is 0.369. The Balaban J connectivity index is 1.91. The number of halogens is 2. The van der Waals surface area contributed by atoms with Crippen molar-refractivity contribution in [2.24, 2.45) is 0 Å². The fourth-order valence-corrected chi connectivity index (χ4v) is 2.91. The molecular formula is C17H15ClINO4. The van der Waals surface area contributed by atoms with Crippen molar-refractivity contribution in [3.05, 3.63) is 57.9 Å². The molecule has 1 aliphatic heterocycles. The summed E-state index contributed by atoms with van der Waals surface area (Å²) in [6, 6.07) is 7.45. The van der Waals surface area contributed by atoms with Gasteiger partial charge in [0.15, 0.2) is 9.86 Å². The van der Waals surface area contributed by atoms with Gasteiger partial charge in [-0.15, -0.1) is 0 Å². The Morgan fingerprint density at radius 3 is 2.79 bits per heavy atom. The highest BCUT2D eigenvalue weighted by Gasteiger charge is 2.30. The smallest absolute Gasteiger partial charge is 0.420 e. The summed E-state index contributed by atoms with van der Waals surface area (Å²) in [6.45, 7) is 3.88. The van der Waals surface area contributed by atoms with Crippen LogP contribution in [0.3, 0.4) is 0 Å². The maximum atomic E-state index is 11.8. The molecule has 1 aliphatic rings. The zero-order valence-electron chi connectivity index (χ0n) is 13.1. The van der Waals surface area contributed by atoms with E-state index in [2.05, 4.69) is 4.98 Å². The van der Waals surface area contributed by atoms with E-state index in [0.717, 1.165) is 16.7 Å². The van der Waals surface area contributed by atoms with Gasteiger partial charge in [0.2, 0.25) is 0 Å². The SMILES string of the molecule is Cc1ncc2c(c1OC(=O)OC(C)I)COC2c1ccc(Cl)cc1. The number of hydrogen-bond donors (Lipinski definition) is 0. The van der Waals surface area contributed by atoms with Crippen molar-refractivity contribution < 1.29 is 19.0 Å². The van der Waals surface area contributed by atoms with Crippen molar-refractivity contribution in [1.29, 1.82) is 0 Å². The van der Waals surface area contributed by atoms with Crippen molar-refractivity contribution >= 4 is 40.3 Å². The molecule has 0 aliphatic carbocycles. The standard InChI is InChI=1S/C17H15ClINO4/c1-9-15(24-17(21)23-10(2)19)14-8-22-16(13(14)7-20-9)11-3-5-12(18)6-4-11/h3-7,10,16H,8H2,1-2H3. The molecule has 0 spiro atoms. The number of carbonyl (C=O) groups excluding carboxylic acids is 1. The number of carbonyl (C=O) groups is 1. The van der Waals surface area contributed by atoms with Gasteiger partial charge >= 0.3 is 6.16 Å². The second-order valence-corrected chi connectivity index (χ2v) is 7.55. The Labute approximate surface area is 158 Å². The van der Waals surface area contributed by atoms with E-state index in [-0.39, 0.29) is 10.2 Å². The predicted octanol–water partition coefficient (Wildman–Crippen LogP) is 4.96. The normalized spacial score (nSPS) is 17.2. The number of rotatable bonds is 3. The minimum Gasteiger partial charge on any atom is -0.420 e. The Morgan fingerprint density at radius 2 is 2.12 bits per heavy atom. The molecule has 2 heterocycles. The van der Waals surface area contributed by atoms with Crippen LogP contribution in [0.25, 0.3) is 0 Å². The first-order valence-corrected chi connectivity index (χ1v) is 8.96. The number of nitrogens with zero attached hydrogens (tertiary/aromatic N) is 1. The summed E-state index contributed by atoms with van der Waals surface area (Å²) in [5.74, 6) is 0.408. The van der Waals surface area contributed by atoms with Gasteiger partial charge in [0.1, 0.15) is 6.10 Å². The number of benzene rings is 1. The highest BCUT2D eigenvalue weighted by Crippen LogP contribution is 2.41. The molecule has 0 saturated heterocycles. The van der Waals surface area contributed by atoms with Gasteiger partial charge in [-0.1, -0.05) is 23.7 Å². The van der Waals surface area contributed by atoms with Crippen LogP contribution in [-0.2, 0) is 16.1 Å². The Kier molecular flexibility index (Phi) is 5.27. The van der Waals surface area contributed by atoms with Crippen LogP contribution in [0.4, 0.5) is 4.79 Å². The van der Waals surface area contributed by atoms with E-state index in [9.17, 15) is 4.79 Å². The van der Waals surface area contributed by atoms with E-state index in [1.807, 2.05) is 46.9 Å². The first-order chi connectivity index (χ1) is 11.5. The summed E-state index contributed by atoms with van der Waals surface area (Å²) in [5, 5.41) is 0.665. The zero-order valence-corrected chi connectivity index (χ0v) is 16.0. The van der Waals surface area contributed by atoms with Crippen LogP contribution < -0.4 is 4.74 Å². The molecule has 0 saturated carbocycles. The summed E-state index contributed by atoms with van der Waals surface area (Å²) >= 11 is 7.92. The molecule has 3 rings (SSSR count). The first-order valence-electron chi connectivity index (χ1n) is 7.33. The molecule has 0 N–H and O–H groups in total. The monoisotopic (exact) mass is 459 g/mol. The molecule has 0 fully saturated rings. The van der Waals surface area contributed by atoms with Gasteiger partial charge in [-0.2, -0.15) is 0 Å². The van der Waals surface area contributed by atoms with E-state index < -0.39 is 6.16 Å². The summed E-state index contributed by atoms with van der Waals surface area (Å²) in [6.07, 6.45) is 0.758. The second-order valence-electron chi connectivity index (χ2n) is 5.36. The lowest BCUT2D eigenvalue weighted by Crippen LogP contribution is -2.16. The molecule has 1 aromatic carbocycles. The van der Waals surface area contributed by atoms with E-state index in [1.54, 1.807) is 20.0 Å². The molecule has 126 valence electrons. The van der Waals surface area contributed by atoms with Crippen molar-refractivity contribution in [2.45, 2.75) is 30.7 Å². The van der Waals surface area contributed by atoms with Gasteiger partial charge in [-0.05, 0) is 54.1 Å². The minimum absolute atomic E-state index is 0.257. The van der Waals surface area contributed by atoms with Crippen LogP contribution in [-0.4, -0.2) is 15.3 Å². The second kappa shape index (κ2) is 7.25. The first kappa shape index (κ1) is 17.4. The molecule has 7 heteroatoms. The van der Waals surface area contributed by atoms with Crippen LogP contribution in [0.2, 0.25) is 5.02 Å². The number of ether oxygens (including phenoxy) is 3. The number of pyridine rings is 1. The maximum Gasteiger partial charge on any atom is 0.514 e. The summed E-state index contributed by atoms with van der Waals surface area (Å²) in [5.41, 5.74) is 3.29. The van der Waals surface area contributed by atoms with Crippen LogP contribution in [0.15, 0.2) is 30.5 Å². The van der Waals surface area contributed by atoms with Gasteiger partial charge in [-0.25, -0.2) is 4.79 Å². The van der Waals surface area contributed by atoms with Crippen LogP contribution >= 0.6 is 34.2 Å². The molecular weight excluding hydrogens is 445 g/mol. The minimum atomic E-state index is -0.745. The lowest BCUT2D eigenvalue weighted by molar-refractivity contribution is 0.0890. The number of alkyl halides is 1. The fraction of sp³-hybridized carbons (Fsp3) is 0.294. The third-order valence-electron chi connectivity index (χ3n) is 3.64. The highest BCUT2D eigenvalue weighted by atomic mass is 127. The molecule has 0 amide bonds.